The third-order valence-corrected chi connectivity index (χ3v) is 8.51. The van der Waals surface area contributed by atoms with Crippen molar-refractivity contribution in [3.05, 3.63) is 144 Å². The van der Waals surface area contributed by atoms with Gasteiger partial charge in [0.15, 0.2) is 11.6 Å². The Bertz CT molecular complexity index is 1620. The van der Waals surface area contributed by atoms with Crippen molar-refractivity contribution in [3.63, 3.8) is 0 Å². The molecule has 0 atom stereocenters. The van der Waals surface area contributed by atoms with Crippen molar-refractivity contribution >= 4 is 28.1 Å². The molecule has 0 unspecified atom stereocenters. The average Bonchev–Trinajstić information content (AvgIpc) is 2.98. The van der Waals surface area contributed by atoms with Crippen LogP contribution in [0.15, 0.2) is 127 Å². The molecule has 0 spiro atoms. The van der Waals surface area contributed by atoms with Crippen LogP contribution in [0.2, 0.25) is 0 Å². The first-order valence-corrected chi connectivity index (χ1v) is 14.4. The van der Waals surface area contributed by atoms with E-state index < -0.39 is 0 Å². The molecule has 39 heavy (non-hydrogen) atoms. The number of benzene rings is 5. The molecule has 0 aliphatic carbocycles. The van der Waals surface area contributed by atoms with Crippen LogP contribution in [0.1, 0.15) is 23.6 Å². The highest BCUT2D eigenvalue weighted by Gasteiger charge is 2.27. The number of para-hydroxylation sites is 1. The molecule has 5 aromatic rings. The lowest BCUT2D eigenvalue weighted by molar-refractivity contribution is -0.417. The molecular weight excluding hydrogens is 490 g/mol. The smallest absolute Gasteiger partial charge is 0.186 e. The fraction of sp³-hybridized carbons (Fsp3) is 0.108. The minimum absolute atomic E-state index is 0.881. The number of hydrogen-bond acceptors (Lipinski definition) is 1. The Morgan fingerprint density at radius 1 is 0.538 bits per heavy atom. The van der Waals surface area contributed by atoms with Crippen LogP contribution in [0, 0.1) is 13.8 Å². The van der Waals surface area contributed by atoms with Gasteiger partial charge < -0.3 is 0 Å². The highest BCUT2D eigenvalue weighted by atomic mass is 32.2. The third-order valence-electron chi connectivity index (χ3n) is 7.49. The van der Waals surface area contributed by atoms with Crippen molar-refractivity contribution in [3.8, 4) is 33.4 Å². The summed E-state index contributed by atoms with van der Waals surface area (Å²) in [7, 11) is 0. The summed E-state index contributed by atoms with van der Waals surface area (Å²) in [6.45, 7) is 6.67. The van der Waals surface area contributed by atoms with E-state index in [1.807, 2.05) is 11.8 Å². The van der Waals surface area contributed by atoms with Gasteiger partial charge in [-0.2, -0.15) is 4.58 Å². The van der Waals surface area contributed by atoms with Crippen molar-refractivity contribution in [1.82, 2.24) is 0 Å². The van der Waals surface area contributed by atoms with Gasteiger partial charge in [0, 0.05) is 34.6 Å². The molecule has 190 valence electrons. The van der Waals surface area contributed by atoms with E-state index in [9.17, 15) is 0 Å². The first-order valence-electron chi connectivity index (χ1n) is 13.5. The van der Waals surface area contributed by atoms with Gasteiger partial charge in [-0.15, -0.1) is 0 Å². The normalized spacial score (nSPS) is 13.4. The van der Waals surface area contributed by atoms with Gasteiger partial charge in [0.25, 0.3) is 0 Å². The molecule has 1 nitrogen and oxygen atoms in total. The molecule has 0 fully saturated rings. The fourth-order valence-corrected chi connectivity index (χ4v) is 6.78. The Morgan fingerprint density at radius 2 is 1.03 bits per heavy atom. The van der Waals surface area contributed by atoms with Gasteiger partial charge in [-0.1, -0.05) is 121 Å². The SMILES string of the molecule is CC1=[N+](c2c(C)cccc2C)CSC(c2c(-c3ccccc3)cc(-c3ccccc3)cc2-c2ccccc2)=C1. The maximum atomic E-state index is 2.46. The maximum Gasteiger partial charge on any atom is 0.211 e. The summed E-state index contributed by atoms with van der Waals surface area (Å²) in [6, 6.07) is 43.7. The number of rotatable bonds is 5. The fourth-order valence-electron chi connectivity index (χ4n) is 5.56. The molecule has 0 bridgehead atoms. The summed E-state index contributed by atoms with van der Waals surface area (Å²) >= 11 is 1.93. The van der Waals surface area contributed by atoms with Crippen molar-refractivity contribution in [1.29, 1.82) is 0 Å². The zero-order chi connectivity index (χ0) is 26.8. The van der Waals surface area contributed by atoms with E-state index in [0.29, 0.717) is 0 Å². The number of nitrogens with zero attached hydrogens (tertiary/aromatic N) is 1. The van der Waals surface area contributed by atoms with Crippen LogP contribution in [0.5, 0.6) is 0 Å². The summed E-state index contributed by atoms with van der Waals surface area (Å²) in [5.41, 5.74) is 14.0. The van der Waals surface area contributed by atoms with Gasteiger partial charge >= 0.3 is 0 Å². The summed E-state index contributed by atoms with van der Waals surface area (Å²) in [5, 5.41) is 0. The second-order valence-corrected chi connectivity index (χ2v) is 11.1. The molecule has 1 aliphatic rings. The lowest BCUT2D eigenvalue weighted by Gasteiger charge is -2.22. The lowest BCUT2D eigenvalue weighted by Crippen LogP contribution is -2.18. The van der Waals surface area contributed by atoms with Crippen molar-refractivity contribution in [2.24, 2.45) is 0 Å². The lowest BCUT2D eigenvalue weighted by atomic mass is 9.87. The molecule has 1 heterocycles. The summed E-state index contributed by atoms with van der Waals surface area (Å²) in [4.78, 5) is 1.31. The molecule has 2 heteroatoms. The van der Waals surface area contributed by atoms with Gasteiger partial charge in [0.2, 0.25) is 5.69 Å². The predicted molar refractivity (Wildman–Crippen MR) is 170 cm³/mol. The number of allylic oxidation sites excluding steroid dienone is 1. The van der Waals surface area contributed by atoms with Gasteiger partial charge in [0.05, 0.1) is 0 Å². The largest absolute Gasteiger partial charge is 0.211 e. The molecule has 1 aliphatic heterocycles. The Hall–Kier alpha value is -4.14. The molecule has 0 N–H and O–H groups in total. The molecule has 0 saturated carbocycles. The van der Waals surface area contributed by atoms with Crippen LogP contribution in [0.25, 0.3) is 38.3 Å². The molecule has 5 aromatic carbocycles. The number of aryl methyl sites for hydroxylation is 2. The van der Waals surface area contributed by atoms with E-state index in [1.54, 1.807) is 0 Å². The zero-order valence-corrected chi connectivity index (χ0v) is 23.5. The standard InChI is InChI=1S/C37H32NS/c1-26-14-13-15-27(2)37(26)38-25-39-35(22-28(38)3)36-33(30-18-9-5-10-19-30)23-32(29-16-7-4-8-17-29)24-34(36)31-20-11-6-12-21-31/h4-24H,25H2,1-3H3/q+1. The van der Waals surface area contributed by atoms with Crippen LogP contribution in [-0.4, -0.2) is 16.2 Å². The van der Waals surface area contributed by atoms with Crippen molar-refractivity contribution in [2.45, 2.75) is 20.8 Å². The van der Waals surface area contributed by atoms with E-state index in [0.717, 1.165) is 5.88 Å². The first kappa shape index (κ1) is 25.2. The minimum Gasteiger partial charge on any atom is -0.186 e. The third kappa shape index (κ3) is 5.01. The van der Waals surface area contributed by atoms with E-state index in [1.165, 1.54) is 66.4 Å². The van der Waals surface area contributed by atoms with E-state index in [-0.39, 0.29) is 0 Å². The summed E-state index contributed by atoms with van der Waals surface area (Å²) in [6.07, 6.45) is 2.39. The van der Waals surface area contributed by atoms with E-state index in [2.05, 4.69) is 153 Å². The highest BCUT2D eigenvalue weighted by molar-refractivity contribution is 8.08. The Kier molecular flexibility index (Phi) is 7.04. The Labute approximate surface area is 236 Å². The van der Waals surface area contributed by atoms with Crippen LogP contribution < -0.4 is 0 Å². The van der Waals surface area contributed by atoms with Crippen molar-refractivity contribution < 1.29 is 4.58 Å². The van der Waals surface area contributed by atoms with Crippen molar-refractivity contribution in [2.75, 3.05) is 5.88 Å². The van der Waals surface area contributed by atoms with Crippen LogP contribution in [0.3, 0.4) is 0 Å². The van der Waals surface area contributed by atoms with Gasteiger partial charge in [-0.3, -0.25) is 0 Å². The first-order chi connectivity index (χ1) is 19.1. The van der Waals surface area contributed by atoms with Gasteiger partial charge in [-0.05, 0) is 59.4 Å². The van der Waals surface area contributed by atoms with Crippen LogP contribution in [-0.2, 0) is 0 Å². The number of hydrogen-bond donors (Lipinski definition) is 0. The maximum absolute atomic E-state index is 2.46. The second kappa shape index (κ2) is 10.9. The summed E-state index contributed by atoms with van der Waals surface area (Å²) in [5.74, 6) is 0.881. The molecule has 0 radical (unpaired) electrons. The molecule has 0 saturated heterocycles. The quantitative estimate of drug-likeness (QED) is 0.208. The molecule has 6 rings (SSSR count). The van der Waals surface area contributed by atoms with E-state index in [4.69, 9.17) is 0 Å². The molecule has 0 aromatic heterocycles. The van der Waals surface area contributed by atoms with Gasteiger partial charge in [0.1, 0.15) is 0 Å². The van der Waals surface area contributed by atoms with E-state index >= 15 is 0 Å². The van der Waals surface area contributed by atoms with Crippen LogP contribution in [0.4, 0.5) is 5.69 Å². The highest BCUT2D eigenvalue weighted by Crippen LogP contribution is 2.45. The average molecular weight is 523 g/mol. The molecule has 0 amide bonds. The van der Waals surface area contributed by atoms with Gasteiger partial charge in [-0.25, -0.2) is 0 Å². The monoisotopic (exact) mass is 522 g/mol. The van der Waals surface area contributed by atoms with Crippen LogP contribution >= 0.6 is 11.8 Å². The summed E-state index contributed by atoms with van der Waals surface area (Å²) < 4.78 is 2.46. The topological polar surface area (TPSA) is 3.01 Å². The Morgan fingerprint density at radius 3 is 1.51 bits per heavy atom. The number of thioether (sulfide) groups is 1. The Balaban J connectivity index is 1.62. The predicted octanol–water partition coefficient (Wildman–Crippen LogP) is 10.2. The molecular formula is C37H32NS+. The minimum atomic E-state index is 0.881. The zero-order valence-electron chi connectivity index (χ0n) is 22.7. The second-order valence-electron chi connectivity index (χ2n) is 10.1.